The lowest BCUT2D eigenvalue weighted by Gasteiger charge is -2.25. The molecule has 0 aromatic heterocycles. The maximum Gasteiger partial charge on any atom is 0.243 e. The first-order valence-electron chi connectivity index (χ1n) is 8.48. The average Bonchev–Trinajstić information content (AvgIpc) is 2.56. The van der Waals surface area contributed by atoms with Crippen molar-refractivity contribution in [1.82, 2.24) is 10.6 Å². The summed E-state index contributed by atoms with van der Waals surface area (Å²) < 4.78 is 0. The number of carbonyl (C=O) groups is 5. The topological polar surface area (TPSA) is 135 Å². The predicted molar refractivity (Wildman–Crippen MR) is 92.6 cm³/mol. The smallest absolute Gasteiger partial charge is 0.243 e. The van der Waals surface area contributed by atoms with E-state index in [9.17, 15) is 24.0 Å². The molecule has 25 heavy (non-hydrogen) atoms. The highest BCUT2D eigenvalue weighted by atomic mass is 16.2. The van der Waals surface area contributed by atoms with E-state index in [4.69, 9.17) is 5.73 Å². The Hall–Kier alpha value is -2.09. The number of hydrogen-bond donors (Lipinski definition) is 3. The molecular weight excluding hydrogens is 326 g/mol. The second-order valence-electron chi connectivity index (χ2n) is 6.28. The number of Topliss-reactive ketones (excluding diaryl/α,β-unsaturated/α-hetero) is 2. The van der Waals surface area contributed by atoms with Crippen molar-refractivity contribution in [3.63, 3.8) is 0 Å². The van der Waals surface area contributed by atoms with E-state index in [-0.39, 0.29) is 31.0 Å². The Labute approximate surface area is 148 Å². The number of hydrogen-bond acceptors (Lipinski definition) is 6. The zero-order chi connectivity index (χ0) is 19.6. The number of nitrogens with two attached hydrogens (primary N) is 1. The highest BCUT2D eigenvalue weighted by Crippen LogP contribution is 2.09. The zero-order valence-corrected chi connectivity index (χ0v) is 15.3. The second kappa shape index (κ2) is 11.5. The van der Waals surface area contributed by atoms with Gasteiger partial charge in [0.05, 0.1) is 18.5 Å². The fourth-order valence-corrected chi connectivity index (χ4v) is 2.03. The average molecular weight is 355 g/mol. The molecule has 4 atom stereocenters. The fourth-order valence-electron chi connectivity index (χ4n) is 2.03. The molecule has 0 spiro atoms. The Morgan fingerprint density at radius 3 is 2.12 bits per heavy atom. The van der Waals surface area contributed by atoms with Crippen LogP contribution in [0, 0.1) is 5.92 Å². The molecule has 0 aromatic carbocycles. The third kappa shape index (κ3) is 8.53. The Morgan fingerprint density at radius 2 is 1.64 bits per heavy atom. The van der Waals surface area contributed by atoms with Gasteiger partial charge in [-0.3, -0.25) is 19.2 Å². The van der Waals surface area contributed by atoms with Crippen LogP contribution in [0.4, 0.5) is 0 Å². The van der Waals surface area contributed by atoms with Gasteiger partial charge in [-0.05, 0) is 19.8 Å². The molecule has 0 unspecified atom stereocenters. The molecule has 0 aliphatic heterocycles. The van der Waals surface area contributed by atoms with E-state index in [0.717, 1.165) is 0 Å². The van der Waals surface area contributed by atoms with Crippen molar-refractivity contribution >= 4 is 29.7 Å². The molecule has 0 radical (unpaired) electrons. The SMILES string of the molecule is CC[C@H](C)[C@H](NC(=O)[C@H](C)N)C(=O)N[C@@H](C)C(=O)CC(=O)CCC=O. The molecule has 8 heteroatoms. The van der Waals surface area contributed by atoms with Crippen LogP contribution in [0.25, 0.3) is 0 Å². The normalized spacial score (nSPS) is 15.4. The summed E-state index contributed by atoms with van der Waals surface area (Å²) in [6, 6.07) is -2.44. The number of rotatable bonds is 12. The van der Waals surface area contributed by atoms with E-state index in [1.165, 1.54) is 13.8 Å². The van der Waals surface area contributed by atoms with Gasteiger partial charge < -0.3 is 21.2 Å². The zero-order valence-electron chi connectivity index (χ0n) is 15.3. The van der Waals surface area contributed by atoms with Crippen LogP contribution in [-0.4, -0.2) is 47.8 Å². The number of aldehydes is 1. The molecule has 2 amide bonds. The van der Waals surface area contributed by atoms with Crippen molar-refractivity contribution in [2.24, 2.45) is 11.7 Å². The van der Waals surface area contributed by atoms with E-state index in [1.807, 2.05) is 6.92 Å². The summed E-state index contributed by atoms with van der Waals surface area (Å²) in [7, 11) is 0. The molecule has 4 N–H and O–H groups in total. The van der Waals surface area contributed by atoms with Crippen molar-refractivity contribution in [2.45, 2.75) is 71.5 Å². The summed E-state index contributed by atoms with van der Waals surface area (Å²) in [6.07, 6.45) is 1.01. The molecular formula is C17H29N3O5. The maximum atomic E-state index is 12.4. The van der Waals surface area contributed by atoms with Crippen LogP contribution in [0.2, 0.25) is 0 Å². The lowest BCUT2D eigenvalue weighted by atomic mass is 9.97. The van der Waals surface area contributed by atoms with Crippen molar-refractivity contribution in [3.8, 4) is 0 Å². The fraction of sp³-hybridized carbons (Fsp3) is 0.706. The molecule has 0 saturated carbocycles. The highest BCUT2D eigenvalue weighted by molar-refractivity contribution is 6.03. The predicted octanol–water partition coefficient (Wildman–Crippen LogP) is -0.123. The lowest BCUT2D eigenvalue weighted by molar-refractivity contribution is -0.134. The minimum Gasteiger partial charge on any atom is -0.345 e. The molecule has 0 aromatic rings. The van der Waals surface area contributed by atoms with Gasteiger partial charge in [-0.25, -0.2) is 0 Å². The minimum atomic E-state index is -0.869. The second-order valence-corrected chi connectivity index (χ2v) is 6.28. The van der Waals surface area contributed by atoms with Gasteiger partial charge in [0.15, 0.2) is 5.78 Å². The quantitative estimate of drug-likeness (QED) is 0.330. The molecule has 0 aliphatic rings. The van der Waals surface area contributed by atoms with E-state index in [2.05, 4.69) is 10.6 Å². The van der Waals surface area contributed by atoms with Gasteiger partial charge in [0.1, 0.15) is 18.1 Å². The first-order chi connectivity index (χ1) is 11.6. The summed E-state index contributed by atoms with van der Waals surface area (Å²) in [5.74, 6) is -1.89. The van der Waals surface area contributed by atoms with E-state index < -0.39 is 35.7 Å². The Kier molecular flexibility index (Phi) is 10.5. The molecule has 0 saturated heterocycles. The van der Waals surface area contributed by atoms with Crippen molar-refractivity contribution in [1.29, 1.82) is 0 Å². The Bertz CT molecular complexity index is 505. The van der Waals surface area contributed by atoms with Gasteiger partial charge in [-0.2, -0.15) is 0 Å². The van der Waals surface area contributed by atoms with Gasteiger partial charge in [-0.15, -0.1) is 0 Å². The number of nitrogens with one attached hydrogen (secondary N) is 2. The highest BCUT2D eigenvalue weighted by Gasteiger charge is 2.29. The van der Waals surface area contributed by atoms with Crippen LogP contribution in [0.15, 0.2) is 0 Å². The van der Waals surface area contributed by atoms with Crippen LogP contribution < -0.4 is 16.4 Å². The lowest BCUT2D eigenvalue weighted by Crippen LogP contribution is -2.55. The van der Waals surface area contributed by atoms with Crippen LogP contribution in [-0.2, 0) is 24.0 Å². The first kappa shape index (κ1) is 22.9. The summed E-state index contributed by atoms with van der Waals surface area (Å²) in [5, 5.41) is 5.12. The Balaban J connectivity index is 4.80. The number of amides is 2. The third-order valence-electron chi connectivity index (χ3n) is 3.96. The van der Waals surface area contributed by atoms with Crippen molar-refractivity contribution in [3.05, 3.63) is 0 Å². The Morgan fingerprint density at radius 1 is 1.04 bits per heavy atom. The van der Waals surface area contributed by atoms with E-state index >= 15 is 0 Å². The minimum absolute atomic E-state index is 0.00977. The van der Waals surface area contributed by atoms with E-state index in [1.54, 1.807) is 6.92 Å². The van der Waals surface area contributed by atoms with Crippen LogP contribution in [0.5, 0.6) is 0 Å². The molecule has 0 bridgehead atoms. The van der Waals surface area contributed by atoms with Gasteiger partial charge >= 0.3 is 0 Å². The van der Waals surface area contributed by atoms with E-state index in [0.29, 0.717) is 12.7 Å². The van der Waals surface area contributed by atoms with Gasteiger partial charge in [0, 0.05) is 12.8 Å². The largest absolute Gasteiger partial charge is 0.345 e. The van der Waals surface area contributed by atoms with Crippen molar-refractivity contribution < 1.29 is 24.0 Å². The van der Waals surface area contributed by atoms with Crippen LogP contribution in [0.1, 0.15) is 53.4 Å². The molecule has 0 fully saturated rings. The standard InChI is InChI=1S/C17H29N3O5/c1-5-10(2)15(20-16(24)11(3)18)17(25)19-12(4)14(23)9-13(22)7-6-8-21/h8,10-12,15H,5-7,9,18H2,1-4H3,(H,19,25)(H,20,24)/t10-,11-,12-,15-/m0/s1. The molecule has 8 nitrogen and oxygen atoms in total. The number of carbonyl (C=O) groups excluding carboxylic acids is 5. The number of ketones is 2. The van der Waals surface area contributed by atoms with Gasteiger partial charge in [0.25, 0.3) is 0 Å². The van der Waals surface area contributed by atoms with Gasteiger partial charge in [0.2, 0.25) is 11.8 Å². The van der Waals surface area contributed by atoms with Gasteiger partial charge in [-0.1, -0.05) is 20.3 Å². The summed E-state index contributed by atoms with van der Waals surface area (Å²) in [6.45, 7) is 6.68. The molecule has 0 aliphatic carbocycles. The van der Waals surface area contributed by atoms with Crippen LogP contribution >= 0.6 is 0 Å². The third-order valence-corrected chi connectivity index (χ3v) is 3.96. The van der Waals surface area contributed by atoms with Crippen molar-refractivity contribution in [2.75, 3.05) is 0 Å². The summed E-state index contributed by atoms with van der Waals surface area (Å²) in [5.41, 5.74) is 5.51. The summed E-state index contributed by atoms with van der Waals surface area (Å²) >= 11 is 0. The molecule has 0 heterocycles. The first-order valence-corrected chi connectivity index (χ1v) is 8.48. The molecule has 0 rings (SSSR count). The summed E-state index contributed by atoms with van der Waals surface area (Å²) in [4.78, 5) is 58.0. The maximum absolute atomic E-state index is 12.4. The monoisotopic (exact) mass is 355 g/mol. The van der Waals surface area contributed by atoms with Crippen LogP contribution in [0.3, 0.4) is 0 Å². The molecule has 142 valence electrons.